The number of amides is 1. The van der Waals surface area contributed by atoms with Gasteiger partial charge in [-0.05, 0) is 53.1 Å². The van der Waals surface area contributed by atoms with Gasteiger partial charge in [-0.25, -0.2) is 9.97 Å². The molecule has 0 spiro atoms. The number of fused-ring (bicyclic) bond motifs is 2. The van der Waals surface area contributed by atoms with E-state index in [1.807, 2.05) is 18.3 Å². The molecule has 1 fully saturated rings. The number of aromatic nitrogens is 4. The van der Waals surface area contributed by atoms with E-state index in [9.17, 15) is 18.0 Å². The van der Waals surface area contributed by atoms with Crippen molar-refractivity contribution in [3.05, 3.63) is 83.8 Å². The molecule has 2 aromatic carbocycles. The lowest BCUT2D eigenvalue weighted by atomic mass is 10.0. The molecule has 0 bridgehead atoms. The van der Waals surface area contributed by atoms with Crippen molar-refractivity contribution in [1.29, 1.82) is 0 Å². The first-order chi connectivity index (χ1) is 18.3. The van der Waals surface area contributed by atoms with E-state index in [1.165, 1.54) is 6.07 Å². The Labute approximate surface area is 215 Å². The predicted molar refractivity (Wildman–Crippen MR) is 136 cm³/mol. The summed E-state index contributed by atoms with van der Waals surface area (Å²) in [5.41, 5.74) is 3.44. The highest BCUT2D eigenvalue weighted by atomic mass is 19.4. The lowest BCUT2D eigenvalue weighted by molar-refractivity contribution is -0.137. The second-order valence-electron chi connectivity index (χ2n) is 9.17. The van der Waals surface area contributed by atoms with Crippen LogP contribution in [0.3, 0.4) is 0 Å². The fourth-order valence-electron chi connectivity index (χ4n) is 4.54. The molecule has 6 rings (SSSR count). The summed E-state index contributed by atoms with van der Waals surface area (Å²) in [4.78, 5) is 27.1. The first-order valence-corrected chi connectivity index (χ1v) is 12.1. The van der Waals surface area contributed by atoms with Crippen LogP contribution < -0.4 is 5.32 Å². The number of aromatic amines is 1. The normalized spacial score (nSPS) is 14.8. The van der Waals surface area contributed by atoms with Gasteiger partial charge in [0.05, 0.1) is 29.8 Å². The van der Waals surface area contributed by atoms with E-state index in [1.54, 1.807) is 34.9 Å². The highest BCUT2D eigenvalue weighted by molar-refractivity contribution is 6.03. The fourth-order valence-corrected chi connectivity index (χ4v) is 4.54. The first-order valence-electron chi connectivity index (χ1n) is 12.1. The first kappa shape index (κ1) is 24.1. The summed E-state index contributed by atoms with van der Waals surface area (Å²) in [6.07, 6.45) is -0.894. The second kappa shape index (κ2) is 9.58. The summed E-state index contributed by atoms with van der Waals surface area (Å²) in [6.45, 7) is 4.00. The smallest absolute Gasteiger partial charge is 0.379 e. The molecule has 0 aliphatic carbocycles. The van der Waals surface area contributed by atoms with Gasteiger partial charge in [-0.2, -0.15) is 13.2 Å². The monoisotopic (exact) mass is 520 g/mol. The van der Waals surface area contributed by atoms with Crippen LogP contribution in [0.25, 0.3) is 27.8 Å². The zero-order valence-electron chi connectivity index (χ0n) is 20.1. The number of H-pyrrole nitrogens is 1. The Morgan fingerprint density at radius 2 is 1.84 bits per heavy atom. The van der Waals surface area contributed by atoms with E-state index in [-0.39, 0.29) is 11.6 Å². The maximum Gasteiger partial charge on any atom is 0.416 e. The number of ether oxygens (including phenoxy) is 1. The van der Waals surface area contributed by atoms with Crippen molar-refractivity contribution < 1.29 is 22.7 Å². The Hall–Kier alpha value is -4.22. The van der Waals surface area contributed by atoms with E-state index in [0.717, 1.165) is 50.5 Å². The Balaban J connectivity index is 1.19. The third-order valence-electron chi connectivity index (χ3n) is 6.51. The van der Waals surface area contributed by atoms with E-state index < -0.39 is 17.6 Å². The van der Waals surface area contributed by atoms with Crippen LogP contribution in [0.2, 0.25) is 0 Å². The Kier molecular flexibility index (Phi) is 6.09. The molecule has 3 aromatic heterocycles. The van der Waals surface area contributed by atoms with E-state index in [2.05, 4.69) is 25.2 Å². The maximum atomic E-state index is 13.1. The van der Waals surface area contributed by atoms with Crippen molar-refractivity contribution in [3.63, 3.8) is 0 Å². The Morgan fingerprint density at radius 3 is 2.66 bits per heavy atom. The molecule has 1 aliphatic rings. The van der Waals surface area contributed by atoms with Gasteiger partial charge in [-0.1, -0.05) is 18.2 Å². The number of nitrogens with zero attached hydrogens (tertiary/aromatic N) is 4. The van der Waals surface area contributed by atoms with Gasteiger partial charge < -0.3 is 14.1 Å². The molecular weight excluding hydrogens is 497 g/mol. The van der Waals surface area contributed by atoms with Crippen LogP contribution in [0.4, 0.5) is 19.1 Å². The van der Waals surface area contributed by atoms with Crippen LogP contribution in [0, 0.1) is 0 Å². The molecule has 1 amide bonds. The number of carbonyl (C=O) groups is 1. The number of carbonyl (C=O) groups excluding carboxylic acids is 1. The molecule has 8 nitrogen and oxygen atoms in total. The van der Waals surface area contributed by atoms with Crippen LogP contribution in [0.15, 0.2) is 67.0 Å². The SMILES string of the molecule is O=C(Nc1nc2cc(-c3cccc(C(F)(F)F)c3)ccc2[nH]1)c1cn2ccc(CN3CCOCC3)cc2n1. The number of pyridine rings is 1. The summed E-state index contributed by atoms with van der Waals surface area (Å²) in [5, 5.41) is 2.72. The highest BCUT2D eigenvalue weighted by Gasteiger charge is 2.30. The third kappa shape index (κ3) is 4.98. The molecule has 0 saturated carbocycles. The number of imidazole rings is 2. The molecule has 11 heteroatoms. The number of rotatable bonds is 5. The molecule has 4 heterocycles. The Bertz CT molecular complexity index is 1640. The van der Waals surface area contributed by atoms with Gasteiger partial charge in [-0.15, -0.1) is 0 Å². The number of benzene rings is 2. The van der Waals surface area contributed by atoms with Crippen molar-refractivity contribution in [2.24, 2.45) is 0 Å². The van der Waals surface area contributed by atoms with Gasteiger partial charge in [0.15, 0.2) is 0 Å². The maximum absolute atomic E-state index is 13.1. The number of hydrogen-bond donors (Lipinski definition) is 2. The second-order valence-corrected chi connectivity index (χ2v) is 9.17. The van der Waals surface area contributed by atoms with Crippen LogP contribution in [-0.4, -0.2) is 56.5 Å². The van der Waals surface area contributed by atoms with Crippen LogP contribution in [0.5, 0.6) is 0 Å². The summed E-state index contributed by atoms with van der Waals surface area (Å²) < 4.78 is 46.5. The number of anilines is 1. The minimum atomic E-state index is -4.42. The van der Waals surface area contributed by atoms with Gasteiger partial charge in [-0.3, -0.25) is 15.0 Å². The molecular formula is C27H23F3N6O2. The lowest BCUT2D eigenvalue weighted by Crippen LogP contribution is -2.35. The summed E-state index contributed by atoms with van der Waals surface area (Å²) in [6, 6.07) is 14.2. The van der Waals surface area contributed by atoms with E-state index in [0.29, 0.717) is 27.8 Å². The van der Waals surface area contributed by atoms with Gasteiger partial charge in [0.2, 0.25) is 5.95 Å². The average molecular weight is 521 g/mol. The molecule has 0 unspecified atom stereocenters. The van der Waals surface area contributed by atoms with Crippen molar-refractivity contribution in [1.82, 2.24) is 24.3 Å². The van der Waals surface area contributed by atoms with Gasteiger partial charge in [0.25, 0.3) is 5.91 Å². The minimum absolute atomic E-state index is 0.219. The number of halogens is 3. The molecule has 2 N–H and O–H groups in total. The number of morpholine rings is 1. The Morgan fingerprint density at radius 1 is 1.03 bits per heavy atom. The highest BCUT2D eigenvalue weighted by Crippen LogP contribution is 2.33. The van der Waals surface area contributed by atoms with Crippen LogP contribution in [-0.2, 0) is 17.5 Å². The summed E-state index contributed by atoms with van der Waals surface area (Å²) >= 11 is 0. The largest absolute Gasteiger partial charge is 0.416 e. The quantitative estimate of drug-likeness (QED) is 0.341. The van der Waals surface area contributed by atoms with Crippen molar-refractivity contribution in [3.8, 4) is 11.1 Å². The number of hydrogen-bond acceptors (Lipinski definition) is 5. The zero-order valence-corrected chi connectivity index (χ0v) is 20.1. The van der Waals surface area contributed by atoms with Gasteiger partial charge >= 0.3 is 6.18 Å². The molecule has 1 aliphatic heterocycles. The van der Waals surface area contributed by atoms with Gasteiger partial charge in [0, 0.05) is 32.0 Å². The number of nitrogens with one attached hydrogen (secondary N) is 2. The lowest BCUT2D eigenvalue weighted by Gasteiger charge is -2.26. The molecule has 1 saturated heterocycles. The summed E-state index contributed by atoms with van der Waals surface area (Å²) in [7, 11) is 0. The molecule has 194 valence electrons. The molecule has 5 aromatic rings. The molecule has 0 radical (unpaired) electrons. The summed E-state index contributed by atoms with van der Waals surface area (Å²) in [5.74, 6) is -0.211. The standard InChI is InChI=1S/C27H23F3N6O2/c28-27(29,30)20-3-1-2-18(13-20)19-4-5-21-22(14-19)33-26(32-21)34-25(37)23-16-36-7-6-17(12-24(36)31-23)15-35-8-10-38-11-9-35/h1-7,12-14,16H,8-11,15H2,(H2,32,33,34,37). The zero-order chi connectivity index (χ0) is 26.3. The van der Waals surface area contributed by atoms with E-state index in [4.69, 9.17) is 4.74 Å². The molecule has 0 atom stereocenters. The van der Waals surface area contributed by atoms with Crippen molar-refractivity contribution >= 4 is 28.5 Å². The molecule has 38 heavy (non-hydrogen) atoms. The third-order valence-corrected chi connectivity index (χ3v) is 6.51. The fraction of sp³-hybridized carbons (Fsp3) is 0.222. The van der Waals surface area contributed by atoms with Gasteiger partial charge in [0.1, 0.15) is 11.3 Å². The van der Waals surface area contributed by atoms with Crippen LogP contribution >= 0.6 is 0 Å². The number of alkyl halides is 3. The van der Waals surface area contributed by atoms with Crippen LogP contribution in [0.1, 0.15) is 21.6 Å². The van der Waals surface area contributed by atoms with Crippen molar-refractivity contribution in [2.75, 3.05) is 31.6 Å². The van der Waals surface area contributed by atoms with E-state index >= 15 is 0 Å². The topological polar surface area (TPSA) is 87.5 Å². The van der Waals surface area contributed by atoms with Crippen molar-refractivity contribution in [2.45, 2.75) is 12.7 Å². The predicted octanol–water partition coefficient (Wildman–Crippen LogP) is 4.98. The average Bonchev–Trinajstić information content (AvgIpc) is 3.52. The minimum Gasteiger partial charge on any atom is -0.379 e.